The van der Waals surface area contributed by atoms with Crippen molar-refractivity contribution in [3.05, 3.63) is 0 Å². The standard InChI is InChI=1S/C14H19NO2S/c16-13-14(4-1-5-17-14)18-12(15-13)8-11-7-9-2-3-10(11)6-9/h9-11H,1-8H2. The van der Waals surface area contributed by atoms with Crippen LogP contribution in [0.4, 0.5) is 0 Å². The lowest BCUT2D eigenvalue weighted by molar-refractivity contribution is -0.128. The van der Waals surface area contributed by atoms with Crippen molar-refractivity contribution in [2.45, 2.75) is 49.9 Å². The number of thioether (sulfide) groups is 1. The average Bonchev–Trinajstić information content (AvgIpc) is 3.06. The Labute approximate surface area is 112 Å². The zero-order valence-corrected chi connectivity index (χ0v) is 11.4. The molecule has 3 fully saturated rings. The normalized spacial score (nSPS) is 46.3. The Hall–Kier alpha value is -0.350. The second-order valence-corrected chi connectivity index (χ2v) is 7.59. The van der Waals surface area contributed by atoms with Crippen molar-refractivity contribution in [2.24, 2.45) is 22.7 Å². The van der Waals surface area contributed by atoms with Crippen LogP contribution < -0.4 is 0 Å². The third-order valence-corrected chi connectivity index (χ3v) is 6.46. The zero-order chi connectivity index (χ0) is 12.2. The zero-order valence-electron chi connectivity index (χ0n) is 10.6. The summed E-state index contributed by atoms with van der Waals surface area (Å²) >= 11 is 1.62. The molecule has 0 aromatic carbocycles. The molecule has 18 heavy (non-hydrogen) atoms. The van der Waals surface area contributed by atoms with Crippen LogP contribution in [0.15, 0.2) is 4.99 Å². The molecule has 0 N–H and O–H groups in total. The van der Waals surface area contributed by atoms with Crippen LogP contribution in [-0.4, -0.2) is 22.5 Å². The van der Waals surface area contributed by atoms with Crippen molar-refractivity contribution >= 4 is 22.7 Å². The van der Waals surface area contributed by atoms with Gasteiger partial charge in [0.25, 0.3) is 5.91 Å². The summed E-state index contributed by atoms with van der Waals surface area (Å²) in [6, 6.07) is 0. The largest absolute Gasteiger partial charge is 0.354 e. The monoisotopic (exact) mass is 265 g/mol. The van der Waals surface area contributed by atoms with E-state index in [1.807, 2.05) is 0 Å². The van der Waals surface area contributed by atoms with Crippen LogP contribution in [0.3, 0.4) is 0 Å². The molecule has 1 amide bonds. The Morgan fingerprint density at radius 3 is 3.00 bits per heavy atom. The van der Waals surface area contributed by atoms with Gasteiger partial charge in [-0.25, -0.2) is 4.99 Å². The van der Waals surface area contributed by atoms with Crippen LogP contribution >= 0.6 is 11.8 Å². The minimum Gasteiger partial charge on any atom is -0.354 e. The maximum atomic E-state index is 12.0. The highest BCUT2D eigenvalue weighted by atomic mass is 32.2. The Morgan fingerprint density at radius 2 is 2.33 bits per heavy atom. The van der Waals surface area contributed by atoms with Crippen molar-refractivity contribution in [1.82, 2.24) is 0 Å². The van der Waals surface area contributed by atoms with Gasteiger partial charge < -0.3 is 4.74 Å². The van der Waals surface area contributed by atoms with E-state index in [2.05, 4.69) is 4.99 Å². The minimum absolute atomic E-state index is 0.0249. The van der Waals surface area contributed by atoms with Crippen LogP contribution in [-0.2, 0) is 9.53 Å². The summed E-state index contributed by atoms with van der Waals surface area (Å²) < 4.78 is 5.67. The van der Waals surface area contributed by atoms with Gasteiger partial charge in [-0.3, -0.25) is 4.79 Å². The summed E-state index contributed by atoms with van der Waals surface area (Å²) in [6.45, 7) is 0.718. The molecule has 4 rings (SSSR count). The van der Waals surface area contributed by atoms with Gasteiger partial charge in [-0.05, 0) is 56.3 Å². The van der Waals surface area contributed by atoms with Gasteiger partial charge in [-0.15, -0.1) is 0 Å². The van der Waals surface area contributed by atoms with Gasteiger partial charge in [-0.1, -0.05) is 18.2 Å². The number of hydrogen-bond acceptors (Lipinski definition) is 3. The fourth-order valence-corrected chi connectivity index (χ4v) is 5.58. The molecule has 2 heterocycles. The van der Waals surface area contributed by atoms with E-state index in [9.17, 15) is 4.79 Å². The molecule has 2 bridgehead atoms. The van der Waals surface area contributed by atoms with Crippen molar-refractivity contribution in [1.29, 1.82) is 0 Å². The fourth-order valence-electron chi connectivity index (χ4n) is 4.26. The Kier molecular flexibility index (Phi) is 2.60. The lowest BCUT2D eigenvalue weighted by atomic mass is 9.87. The lowest BCUT2D eigenvalue weighted by Gasteiger charge is -2.22. The second kappa shape index (κ2) is 4.07. The molecule has 4 aliphatic rings. The summed E-state index contributed by atoms with van der Waals surface area (Å²) in [5.41, 5.74) is 0. The topological polar surface area (TPSA) is 38.7 Å². The first-order chi connectivity index (χ1) is 8.75. The van der Waals surface area contributed by atoms with E-state index in [-0.39, 0.29) is 5.91 Å². The SMILES string of the molecule is O=C1N=C(CC2CC3CCC2C3)SC12CCCO2. The summed E-state index contributed by atoms with van der Waals surface area (Å²) in [5.74, 6) is 2.65. The first kappa shape index (κ1) is 11.5. The summed E-state index contributed by atoms with van der Waals surface area (Å²) in [4.78, 5) is 15.7. The highest BCUT2D eigenvalue weighted by Crippen LogP contribution is 2.52. The van der Waals surface area contributed by atoms with Crippen LogP contribution in [0, 0.1) is 17.8 Å². The predicted octanol–water partition coefficient (Wildman–Crippen LogP) is 2.99. The van der Waals surface area contributed by atoms with Crippen molar-refractivity contribution < 1.29 is 9.53 Å². The van der Waals surface area contributed by atoms with Gasteiger partial charge in [0.1, 0.15) is 0 Å². The highest BCUT2D eigenvalue weighted by molar-refractivity contribution is 8.16. The summed E-state index contributed by atoms with van der Waals surface area (Å²) in [7, 11) is 0. The second-order valence-electron chi connectivity index (χ2n) is 6.26. The van der Waals surface area contributed by atoms with E-state index >= 15 is 0 Å². The van der Waals surface area contributed by atoms with E-state index < -0.39 is 4.93 Å². The molecule has 0 radical (unpaired) electrons. The molecule has 2 aliphatic heterocycles. The number of rotatable bonds is 2. The maximum absolute atomic E-state index is 12.0. The van der Waals surface area contributed by atoms with Gasteiger partial charge in [0.05, 0.1) is 5.04 Å². The number of amides is 1. The fraction of sp³-hybridized carbons (Fsp3) is 0.857. The molecule has 2 aliphatic carbocycles. The molecular formula is C14H19NO2S. The molecule has 1 saturated heterocycles. The molecule has 1 spiro atoms. The molecule has 0 aromatic rings. The van der Waals surface area contributed by atoms with Crippen molar-refractivity contribution in [3.8, 4) is 0 Å². The van der Waals surface area contributed by atoms with Crippen LogP contribution in [0.2, 0.25) is 0 Å². The molecule has 4 atom stereocenters. The third kappa shape index (κ3) is 1.68. The van der Waals surface area contributed by atoms with Crippen LogP contribution in [0.1, 0.15) is 44.9 Å². The number of nitrogens with zero attached hydrogens (tertiary/aromatic N) is 1. The molecule has 0 aromatic heterocycles. The minimum atomic E-state index is -0.604. The van der Waals surface area contributed by atoms with E-state index in [1.165, 1.54) is 25.7 Å². The van der Waals surface area contributed by atoms with Crippen molar-refractivity contribution in [2.75, 3.05) is 6.61 Å². The van der Waals surface area contributed by atoms with Gasteiger partial charge in [0, 0.05) is 6.61 Å². The number of hydrogen-bond donors (Lipinski definition) is 0. The Morgan fingerprint density at radius 1 is 1.39 bits per heavy atom. The first-order valence-electron chi connectivity index (χ1n) is 7.20. The predicted molar refractivity (Wildman–Crippen MR) is 71.5 cm³/mol. The number of carbonyl (C=O) groups excluding carboxylic acids is 1. The number of fused-ring (bicyclic) bond motifs is 2. The first-order valence-corrected chi connectivity index (χ1v) is 8.02. The van der Waals surface area contributed by atoms with Gasteiger partial charge in [0.2, 0.25) is 0 Å². The quantitative estimate of drug-likeness (QED) is 0.770. The number of carbonyl (C=O) groups is 1. The molecule has 4 unspecified atom stereocenters. The van der Waals surface area contributed by atoms with E-state index in [0.29, 0.717) is 0 Å². The molecule has 4 heteroatoms. The maximum Gasteiger partial charge on any atom is 0.289 e. The van der Waals surface area contributed by atoms with E-state index in [0.717, 1.165) is 48.7 Å². The molecule has 98 valence electrons. The molecular weight excluding hydrogens is 246 g/mol. The summed E-state index contributed by atoms with van der Waals surface area (Å²) in [5, 5.41) is 1.06. The average molecular weight is 265 g/mol. The lowest BCUT2D eigenvalue weighted by Crippen LogP contribution is -2.29. The Balaban J connectivity index is 1.44. The van der Waals surface area contributed by atoms with Crippen LogP contribution in [0.5, 0.6) is 0 Å². The molecule has 3 nitrogen and oxygen atoms in total. The Bertz CT molecular complexity index is 414. The molecule has 2 saturated carbocycles. The number of aliphatic imine (C=N–C) groups is 1. The van der Waals surface area contributed by atoms with Crippen molar-refractivity contribution in [3.63, 3.8) is 0 Å². The van der Waals surface area contributed by atoms with E-state index in [4.69, 9.17) is 4.74 Å². The number of ether oxygens (including phenoxy) is 1. The highest BCUT2D eigenvalue weighted by Gasteiger charge is 2.50. The van der Waals surface area contributed by atoms with Crippen LogP contribution in [0.25, 0.3) is 0 Å². The summed E-state index contributed by atoms with van der Waals surface area (Å²) in [6.07, 6.45) is 8.51. The smallest absolute Gasteiger partial charge is 0.289 e. The van der Waals surface area contributed by atoms with E-state index in [1.54, 1.807) is 11.8 Å². The van der Waals surface area contributed by atoms with Gasteiger partial charge in [0.15, 0.2) is 4.93 Å². The van der Waals surface area contributed by atoms with Gasteiger partial charge >= 0.3 is 0 Å². The third-order valence-electron chi connectivity index (χ3n) is 5.14. The van der Waals surface area contributed by atoms with Gasteiger partial charge in [-0.2, -0.15) is 0 Å².